The lowest BCUT2D eigenvalue weighted by molar-refractivity contribution is -0.113. The number of fused-ring (bicyclic) bond motifs is 2. The summed E-state index contributed by atoms with van der Waals surface area (Å²) in [4.78, 5) is 36.4. The molecule has 0 fully saturated rings. The summed E-state index contributed by atoms with van der Waals surface area (Å²) in [6.07, 6.45) is 0. The van der Waals surface area contributed by atoms with Gasteiger partial charge in [-0.1, -0.05) is 42.5 Å². The van der Waals surface area contributed by atoms with E-state index in [1.54, 1.807) is 18.2 Å². The predicted molar refractivity (Wildman–Crippen MR) is 178 cm³/mol. The molecular weight excluding hydrogens is 735 g/mol. The summed E-state index contributed by atoms with van der Waals surface area (Å²) < 4.78 is 105. The Morgan fingerprint density at radius 1 is 0.706 bits per heavy atom. The first-order valence-electron chi connectivity index (χ1n) is 13.9. The van der Waals surface area contributed by atoms with Gasteiger partial charge in [0.05, 0.1) is 28.2 Å². The highest BCUT2D eigenvalue weighted by atomic mass is 32.2. The molecule has 4 aromatic carbocycles. The molecule has 0 saturated heterocycles. The van der Waals surface area contributed by atoms with Gasteiger partial charge in [0, 0.05) is 16.8 Å². The number of allylic oxidation sites excluding steroid dienone is 1. The van der Waals surface area contributed by atoms with Crippen molar-refractivity contribution in [1.82, 2.24) is 0 Å². The predicted octanol–water partition coefficient (Wildman–Crippen LogP) is 4.04. The lowest BCUT2D eigenvalue weighted by atomic mass is 9.82. The Kier molecular flexibility index (Phi) is 9.38. The van der Waals surface area contributed by atoms with Crippen LogP contribution in [0, 0.1) is 0 Å². The number of aliphatic hydroxyl groups excluding tert-OH is 1. The summed E-state index contributed by atoms with van der Waals surface area (Å²) in [6, 6.07) is 14.4. The van der Waals surface area contributed by atoms with Crippen LogP contribution in [0.1, 0.15) is 38.8 Å². The zero-order valence-electron chi connectivity index (χ0n) is 25.6. The van der Waals surface area contributed by atoms with Crippen molar-refractivity contribution in [2.24, 2.45) is 10.2 Å². The fourth-order valence-corrected chi connectivity index (χ4v) is 6.92. The van der Waals surface area contributed by atoms with E-state index in [9.17, 15) is 58.4 Å². The van der Waals surface area contributed by atoms with E-state index in [4.69, 9.17) is 5.73 Å². The highest BCUT2D eigenvalue weighted by Crippen LogP contribution is 2.42. The Hall–Kier alpha value is -5.84. The molecule has 1 amide bonds. The quantitative estimate of drug-likeness (QED) is 0.0367. The number of azo groups is 1. The molecule has 1 aliphatic carbocycles. The molecule has 0 radical (unpaired) electrons. The lowest BCUT2D eigenvalue weighted by Crippen LogP contribution is -2.25. The van der Waals surface area contributed by atoms with Crippen molar-refractivity contribution in [3.63, 3.8) is 0 Å². The first-order chi connectivity index (χ1) is 23.7. The summed E-state index contributed by atoms with van der Waals surface area (Å²) in [5, 5.41) is 21.8. The SMILES string of the molecule is C/C(O)=C(\N=Nc1cc(S(=O)(=O)O)c(Nc2cc(S(=O)(=O)O)c(N)c3c2C(=O)c2ccccc2C3=O)cc1S(=O)(=O)O)C(=O)Nc1ccccc1. The third kappa shape index (κ3) is 7.23. The van der Waals surface area contributed by atoms with Gasteiger partial charge in [0.15, 0.2) is 17.3 Å². The van der Waals surface area contributed by atoms with E-state index >= 15 is 0 Å². The number of nitrogen functional groups attached to an aromatic ring is 1. The fourth-order valence-electron chi connectivity index (χ4n) is 4.99. The standard InChI is InChI=1S/C30H23N5O13S3/c1-14(36)27(30(39)32-15-7-3-2-4-8-15)35-34-19-12-21(49(40,41)42)18(11-22(19)50(43,44)45)33-20-13-23(51(46,47)48)26(31)25-24(20)28(37)16-9-5-6-10-17(16)29(25)38/h2-13,33,36H,31H2,1H3,(H,32,39)(H,40,41,42)(H,43,44,45)(H,46,47,48)/b27-14+,35-34?. The first kappa shape index (κ1) is 36.4. The maximum atomic E-state index is 13.7. The molecule has 51 heavy (non-hydrogen) atoms. The monoisotopic (exact) mass is 757 g/mol. The number of hydrogen-bond donors (Lipinski definition) is 7. The zero-order valence-corrected chi connectivity index (χ0v) is 28.0. The Bertz CT molecular complexity index is 2580. The number of aliphatic hydroxyl groups is 1. The van der Waals surface area contributed by atoms with Gasteiger partial charge in [-0.05, 0) is 37.3 Å². The van der Waals surface area contributed by atoms with E-state index in [1.165, 1.54) is 36.4 Å². The van der Waals surface area contributed by atoms with E-state index in [0.717, 1.165) is 6.92 Å². The number of nitrogens with zero attached hydrogens (tertiary/aromatic N) is 2. The normalized spacial score (nSPS) is 13.7. The van der Waals surface area contributed by atoms with Crippen LogP contribution in [0.3, 0.4) is 0 Å². The molecule has 0 aromatic heterocycles. The topological polar surface area (TPSA) is 309 Å². The second kappa shape index (κ2) is 13.1. The van der Waals surface area contributed by atoms with Crippen LogP contribution in [0.15, 0.2) is 109 Å². The van der Waals surface area contributed by atoms with Crippen molar-refractivity contribution < 1.29 is 58.4 Å². The van der Waals surface area contributed by atoms with E-state index in [0.29, 0.717) is 18.2 Å². The minimum absolute atomic E-state index is 0.180. The molecule has 0 spiro atoms. The van der Waals surface area contributed by atoms with Gasteiger partial charge in [0.1, 0.15) is 26.1 Å². The van der Waals surface area contributed by atoms with E-state index in [-0.39, 0.29) is 16.8 Å². The minimum Gasteiger partial charge on any atom is -0.510 e. The van der Waals surface area contributed by atoms with Gasteiger partial charge in [-0.2, -0.15) is 25.3 Å². The van der Waals surface area contributed by atoms with Crippen molar-refractivity contribution in [3.05, 3.63) is 107 Å². The van der Waals surface area contributed by atoms with Crippen LogP contribution >= 0.6 is 0 Å². The number of benzene rings is 4. The summed E-state index contributed by atoms with van der Waals surface area (Å²) >= 11 is 0. The number of anilines is 4. The van der Waals surface area contributed by atoms with Crippen LogP contribution in [0.5, 0.6) is 0 Å². The maximum Gasteiger partial charge on any atom is 0.296 e. The first-order valence-corrected chi connectivity index (χ1v) is 18.2. The molecule has 264 valence electrons. The van der Waals surface area contributed by atoms with Crippen LogP contribution in [0.2, 0.25) is 0 Å². The average molecular weight is 758 g/mol. The Morgan fingerprint density at radius 3 is 1.75 bits per heavy atom. The number of rotatable bonds is 9. The molecule has 4 aromatic rings. The molecule has 8 N–H and O–H groups in total. The number of hydrogen-bond acceptors (Lipinski definition) is 14. The van der Waals surface area contributed by atoms with Crippen LogP contribution < -0.4 is 16.4 Å². The van der Waals surface area contributed by atoms with Crippen LogP contribution in [-0.2, 0) is 35.1 Å². The molecule has 21 heteroatoms. The van der Waals surface area contributed by atoms with E-state index in [2.05, 4.69) is 20.9 Å². The van der Waals surface area contributed by atoms with Crippen molar-refractivity contribution >= 4 is 76.3 Å². The number of nitrogens with one attached hydrogen (secondary N) is 2. The highest BCUT2D eigenvalue weighted by Gasteiger charge is 2.37. The van der Waals surface area contributed by atoms with E-state index in [1.807, 2.05) is 0 Å². The van der Waals surface area contributed by atoms with Gasteiger partial charge in [-0.15, -0.1) is 10.2 Å². The molecule has 5 rings (SSSR count). The Labute approximate surface area is 288 Å². The minimum atomic E-state index is -5.42. The number of ketones is 2. The van der Waals surface area contributed by atoms with Gasteiger partial charge in [0.2, 0.25) is 0 Å². The molecule has 1 aliphatic rings. The van der Waals surface area contributed by atoms with Crippen LogP contribution in [0.4, 0.5) is 28.4 Å². The highest BCUT2D eigenvalue weighted by molar-refractivity contribution is 7.86. The van der Waals surface area contributed by atoms with Crippen LogP contribution in [-0.4, -0.2) is 61.5 Å². The summed E-state index contributed by atoms with van der Waals surface area (Å²) in [5.41, 5.74) is 0.223. The molecule has 0 saturated carbocycles. The maximum absolute atomic E-state index is 13.7. The summed E-state index contributed by atoms with van der Waals surface area (Å²) in [6.45, 7) is 1.03. The largest absolute Gasteiger partial charge is 0.510 e. The number of amides is 1. The number of para-hydroxylation sites is 1. The lowest BCUT2D eigenvalue weighted by Gasteiger charge is -2.24. The zero-order chi connectivity index (χ0) is 37.6. The van der Waals surface area contributed by atoms with Gasteiger partial charge in [-0.25, -0.2) is 0 Å². The molecule has 0 heterocycles. The molecule has 0 atom stereocenters. The smallest absolute Gasteiger partial charge is 0.296 e. The van der Waals surface area contributed by atoms with E-state index < -0.39 is 108 Å². The fraction of sp³-hybridized carbons (Fsp3) is 0.0333. The van der Waals surface area contributed by atoms with Gasteiger partial charge >= 0.3 is 0 Å². The number of carbonyl (C=O) groups is 3. The van der Waals surface area contributed by atoms with Crippen molar-refractivity contribution in [1.29, 1.82) is 0 Å². The van der Waals surface area contributed by atoms with Gasteiger partial charge in [0.25, 0.3) is 36.3 Å². The van der Waals surface area contributed by atoms with Crippen molar-refractivity contribution in [2.75, 3.05) is 16.4 Å². The Balaban J connectivity index is 1.72. The molecule has 18 nitrogen and oxygen atoms in total. The van der Waals surface area contributed by atoms with Crippen LogP contribution in [0.25, 0.3) is 0 Å². The number of nitrogens with two attached hydrogens (primary N) is 1. The number of carbonyl (C=O) groups excluding carboxylic acids is 3. The molecule has 0 bridgehead atoms. The molecule has 0 aliphatic heterocycles. The van der Waals surface area contributed by atoms with Gasteiger partial charge < -0.3 is 21.5 Å². The van der Waals surface area contributed by atoms with Gasteiger partial charge in [-0.3, -0.25) is 28.0 Å². The molecular formula is C30H23N5O13S3. The summed E-state index contributed by atoms with van der Waals surface area (Å²) in [7, 11) is -16.0. The van der Waals surface area contributed by atoms with Crippen molar-refractivity contribution in [2.45, 2.75) is 21.6 Å². The second-order valence-electron chi connectivity index (χ2n) is 10.6. The summed E-state index contributed by atoms with van der Waals surface area (Å²) in [5.74, 6) is -3.67. The Morgan fingerprint density at radius 2 is 1.22 bits per heavy atom. The third-order valence-electron chi connectivity index (χ3n) is 7.21. The third-order valence-corrected chi connectivity index (χ3v) is 9.88. The second-order valence-corrected chi connectivity index (χ2v) is 14.8. The van der Waals surface area contributed by atoms with Crippen molar-refractivity contribution in [3.8, 4) is 0 Å². The molecule has 0 unspecified atom stereocenters. The average Bonchev–Trinajstić information content (AvgIpc) is 3.03.